The van der Waals surface area contributed by atoms with Gasteiger partial charge in [-0.25, -0.2) is 4.79 Å². The first-order valence-electron chi connectivity index (χ1n) is 7.47. The van der Waals surface area contributed by atoms with Crippen LogP contribution in [0.1, 0.15) is 25.0 Å². The number of hydrogen-bond acceptors (Lipinski definition) is 2. The Morgan fingerprint density at radius 1 is 1.09 bits per heavy atom. The summed E-state index contributed by atoms with van der Waals surface area (Å²) < 4.78 is 5.15. The van der Waals surface area contributed by atoms with Crippen LogP contribution in [0, 0.1) is 0 Å². The van der Waals surface area contributed by atoms with Crippen LogP contribution in [0.25, 0.3) is 0 Å². The van der Waals surface area contributed by atoms with Crippen molar-refractivity contribution in [2.24, 2.45) is 0 Å². The van der Waals surface area contributed by atoms with E-state index in [0.717, 1.165) is 11.3 Å². The molecule has 0 spiro atoms. The first kappa shape index (κ1) is 14.4. The number of amides is 1. The molecule has 1 unspecified atom stereocenters. The maximum Gasteiger partial charge on any atom is 0.418 e. The lowest BCUT2D eigenvalue weighted by molar-refractivity contribution is 0.162. The molecule has 1 heterocycles. The molecule has 0 N–H and O–H groups in total. The van der Waals surface area contributed by atoms with Gasteiger partial charge in [-0.1, -0.05) is 54.6 Å². The lowest BCUT2D eigenvalue weighted by atomic mass is 9.74. The molecule has 2 aromatic rings. The van der Waals surface area contributed by atoms with E-state index in [1.54, 1.807) is 4.90 Å². The first-order chi connectivity index (χ1) is 10.7. The van der Waals surface area contributed by atoms with E-state index in [0.29, 0.717) is 6.61 Å². The van der Waals surface area contributed by atoms with E-state index in [1.807, 2.05) is 49.5 Å². The van der Waals surface area contributed by atoms with Crippen molar-refractivity contribution in [2.75, 3.05) is 11.5 Å². The third-order valence-electron chi connectivity index (χ3n) is 4.12. The zero-order valence-corrected chi connectivity index (χ0v) is 12.8. The van der Waals surface area contributed by atoms with Gasteiger partial charge in [-0.05, 0) is 31.0 Å². The Hall–Kier alpha value is -2.55. The van der Waals surface area contributed by atoms with E-state index in [1.165, 1.54) is 5.56 Å². The van der Waals surface area contributed by atoms with Gasteiger partial charge in [-0.15, -0.1) is 0 Å². The van der Waals surface area contributed by atoms with Crippen molar-refractivity contribution in [1.29, 1.82) is 0 Å². The Labute approximate surface area is 130 Å². The number of carbonyl (C=O) groups is 1. The number of para-hydroxylation sites is 1. The van der Waals surface area contributed by atoms with Crippen LogP contribution >= 0.6 is 0 Å². The van der Waals surface area contributed by atoms with Crippen molar-refractivity contribution in [3.05, 3.63) is 78.0 Å². The number of rotatable bonds is 2. The van der Waals surface area contributed by atoms with Crippen LogP contribution in [0.4, 0.5) is 10.5 Å². The third kappa shape index (κ3) is 2.29. The molecule has 0 bridgehead atoms. The number of nitrogens with zero attached hydrogens (tertiary/aromatic N) is 1. The average molecular weight is 293 g/mol. The van der Waals surface area contributed by atoms with E-state index in [-0.39, 0.29) is 11.5 Å². The van der Waals surface area contributed by atoms with Gasteiger partial charge in [0.1, 0.15) is 0 Å². The van der Waals surface area contributed by atoms with Gasteiger partial charge in [0.2, 0.25) is 0 Å². The zero-order chi connectivity index (χ0) is 15.6. The van der Waals surface area contributed by atoms with E-state index in [2.05, 4.69) is 31.2 Å². The summed E-state index contributed by atoms with van der Waals surface area (Å²) in [4.78, 5) is 13.7. The van der Waals surface area contributed by atoms with Gasteiger partial charge in [0, 0.05) is 11.6 Å². The quantitative estimate of drug-likeness (QED) is 0.817. The van der Waals surface area contributed by atoms with Crippen LogP contribution in [0.15, 0.2) is 66.9 Å². The van der Waals surface area contributed by atoms with Gasteiger partial charge in [0.05, 0.1) is 12.3 Å². The fraction of sp³-hybridized carbons (Fsp3) is 0.211. The van der Waals surface area contributed by atoms with E-state index in [4.69, 9.17) is 4.74 Å². The van der Waals surface area contributed by atoms with Crippen molar-refractivity contribution in [3.8, 4) is 0 Å². The molecule has 1 aliphatic rings. The highest BCUT2D eigenvalue weighted by atomic mass is 16.6. The largest absolute Gasteiger partial charge is 0.449 e. The number of carbonyl (C=O) groups excluding carboxylic acids is 1. The maximum absolute atomic E-state index is 12.2. The van der Waals surface area contributed by atoms with Gasteiger partial charge in [-0.2, -0.15) is 0 Å². The summed E-state index contributed by atoms with van der Waals surface area (Å²) in [5, 5.41) is 0. The number of benzene rings is 2. The summed E-state index contributed by atoms with van der Waals surface area (Å²) >= 11 is 0. The standard InChI is InChI=1S/C19H19NO2/c1-3-22-18(21)20-14-13-19(2,15-9-5-4-6-10-15)16-11-7-8-12-17(16)20/h4-14H,3H2,1-2H3. The molecule has 22 heavy (non-hydrogen) atoms. The molecule has 3 rings (SSSR count). The lowest BCUT2D eigenvalue weighted by Gasteiger charge is -2.36. The number of hydrogen-bond donors (Lipinski definition) is 0. The summed E-state index contributed by atoms with van der Waals surface area (Å²) in [7, 11) is 0. The summed E-state index contributed by atoms with van der Waals surface area (Å²) in [5.74, 6) is 0. The highest BCUT2D eigenvalue weighted by Crippen LogP contribution is 2.42. The van der Waals surface area contributed by atoms with Crippen LogP contribution in [0.3, 0.4) is 0 Å². The predicted octanol–water partition coefficient (Wildman–Crippen LogP) is 4.48. The fourth-order valence-electron chi connectivity index (χ4n) is 2.90. The number of allylic oxidation sites excluding steroid dienone is 1. The normalized spacial score (nSPS) is 19.6. The van der Waals surface area contributed by atoms with Gasteiger partial charge in [0.25, 0.3) is 0 Å². The minimum absolute atomic E-state index is 0.263. The molecular weight excluding hydrogens is 274 g/mol. The van der Waals surface area contributed by atoms with Crippen molar-refractivity contribution in [1.82, 2.24) is 0 Å². The van der Waals surface area contributed by atoms with E-state index >= 15 is 0 Å². The maximum atomic E-state index is 12.2. The molecule has 2 aromatic carbocycles. The second kappa shape index (κ2) is 5.68. The highest BCUT2D eigenvalue weighted by molar-refractivity contribution is 5.92. The molecule has 0 radical (unpaired) electrons. The topological polar surface area (TPSA) is 29.5 Å². The number of ether oxygens (including phenoxy) is 1. The van der Waals surface area contributed by atoms with Crippen molar-refractivity contribution in [3.63, 3.8) is 0 Å². The monoisotopic (exact) mass is 293 g/mol. The second-order valence-corrected chi connectivity index (χ2v) is 5.47. The van der Waals surface area contributed by atoms with Crippen LogP contribution in [-0.4, -0.2) is 12.7 Å². The van der Waals surface area contributed by atoms with Crippen molar-refractivity contribution < 1.29 is 9.53 Å². The summed E-state index contributed by atoms with van der Waals surface area (Å²) in [6, 6.07) is 18.3. The Morgan fingerprint density at radius 2 is 1.77 bits per heavy atom. The molecule has 1 atom stereocenters. The lowest BCUT2D eigenvalue weighted by Crippen LogP contribution is -2.35. The Bertz CT molecular complexity index is 708. The van der Waals surface area contributed by atoms with Gasteiger partial charge >= 0.3 is 6.09 Å². The Balaban J connectivity index is 2.11. The third-order valence-corrected chi connectivity index (χ3v) is 4.12. The molecule has 0 aromatic heterocycles. The molecule has 1 amide bonds. The molecule has 3 nitrogen and oxygen atoms in total. The second-order valence-electron chi connectivity index (χ2n) is 5.47. The van der Waals surface area contributed by atoms with Gasteiger partial charge in [-0.3, -0.25) is 4.90 Å². The molecule has 3 heteroatoms. The minimum Gasteiger partial charge on any atom is -0.449 e. The predicted molar refractivity (Wildman–Crippen MR) is 88.0 cm³/mol. The molecule has 112 valence electrons. The first-order valence-corrected chi connectivity index (χ1v) is 7.47. The van der Waals surface area contributed by atoms with Crippen LogP contribution in [-0.2, 0) is 10.2 Å². The summed E-state index contributed by atoms with van der Waals surface area (Å²) in [6.45, 7) is 4.34. The number of fused-ring (bicyclic) bond motifs is 1. The Kier molecular flexibility index (Phi) is 3.72. The molecule has 0 saturated carbocycles. The number of anilines is 1. The van der Waals surface area contributed by atoms with Crippen molar-refractivity contribution >= 4 is 11.8 Å². The van der Waals surface area contributed by atoms with Gasteiger partial charge < -0.3 is 4.74 Å². The average Bonchev–Trinajstić information content (AvgIpc) is 2.56. The minimum atomic E-state index is -0.346. The van der Waals surface area contributed by atoms with Crippen LogP contribution < -0.4 is 4.90 Å². The fourth-order valence-corrected chi connectivity index (χ4v) is 2.90. The molecular formula is C19H19NO2. The van der Waals surface area contributed by atoms with Crippen molar-refractivity contribution in [2.45, 2.75) is 19.3 Å². The van der Waals surface area contributed by atoms with E-state index < -0.39 is 0 Å². The van der Waals surface area contributed by atoms with E-state index in [9.17, 15) is 4.79 Å². The molecule has 0 aliphatic carbocycles. The zero-order valence-electron chi connectivity index (χ0n) is 12.8. The van der Waals surface area contributed by atoms with Crippen LogP contribution in [0.5, 0.6) is 0 Å². The molecule has 0 fully saturated rings. The summed E-state index contributed by atoms with van der Waals surface area (Å²) in [5.41, 5.74) is 2.90. The molecule has 0 saturated heterocycles. The SMILES string of the molecule is CCOC(=O)N1C=CC(C)(c2ccccc2)c2ccccc21. The highest BCUT2D eigenvalue weighted by Gasteiger charge is 2.34. The smallest absolute Gasteiger partial charge is 0.418 e. The van der Waals surface area contributed by atoms with Crippen LogP contribution in [0.2, 0.25) is 0 Å². The summed E-state index contributed by atoms with van der Waals surface area (Å²) in [6.07, 6.45) is 3.52. The Morgan fingerprint density at radius 3 is 2.50 bits per heavy atom. The molecule has 1 aliphatic heterocycles. The van der Waals surface area contributed by atoms with Gasteiger partial charge in [0.15, 0.2) is 0 Å².